The second-order valence-corrected chi connectivity index (χ2v) is 4.48. The zero-order valence-corrected chi connectivity index (χ0v) is 12.5. The van der Waals surface area contributed by atoms with Crippen LogP contribution in [-0.2, 0) is 0 Å². The average molecular weight is 315 g/mol. The molecule has 0 atom stereocenters. The quantitative estimate of drug-likeness (QED) is 0.585. The van der Waals surface area contributed by atoms with E-state index in [1.165, 1.54) is 17.3 Å². The van der Waals surface area contributed by atoms with Gasteiger partial charge in [-0.25, -0.2) is 13.8 Å². The summed E-state index contributed by atoms with van der Waals surface area (Å²) in [6, 6.07) is 9.99. The third-order valence-electron chi connectivity index (χ3n) is 2.91. The summed E-state index contributed by atoms with van der Waals surface area (Å²) >= 11 is 0. The van der Waals surface area contributed by atoms with Gasteiger partial charge in [0.25, 0.3) is 0 Å². The van der Waals surface area contributed by atoms with E-state index in [4.69, 9.17) is 4.74 Å². The monoisotopic (exact) mass is 315 g/mol. The molecule has 0 radical (unpaired) electrons. The normalized spacial score (nSPS) is 10.6. The molecule has 2 rings (SSSR count). The van der Waals surface area contributed by atoms with E-state index >= 15 is 0 Å². The number of aliphatic imine (C=N–C) groups is 1. The second kappa shape index (κ2) is 7.31. The van der Waals surface area contributed by atoms with E-state index in [0.29, 0.717) is 11.4 Å². The van der Waals surface area contributed by atoms with E-state index in [0.717, 1.165) is 12.1 Å². The largest absolute Gasteiger partial charge is 0.451 e. The molecule has 0 heterocycles. The van der Waals surface area contributed by atoms with Crippen LogP contribution in [0.15, 0.2) is 64.8 Å². The number of allylic oxidation sites excluding steroid dienone is 1. The molecule has 0 N–H and O–H groups in total. The van der Waals surface area contributed by atoms with Gasteiger partial charge in [0.1, 0.15) is 5.75 Å². The van der Waals surface area contributed by atoms with Crippen molar-refractivity contribution in [1.82, 2.24) is 0 Å². The zero-order chi connectivity index (χ0) is 16.8. The van der Waals surface area contributed by atoms with Crippen molar-refractivity contribution in [2.24, 2.45) is 10.1 Å². The molecule has 0 aliphatic heterocycles. The van der Waals surface area contributed by atoms with Gasteiger partial charge in [0.2, 0.25) is 0 Å². The number of anilines is 1. The zero-order valence-electron chi connectivity index (χ0n) is 12.5. The van der Waals surface area contributed by atoms with Crippen LogP contribution >= 0.6 is 0 Å². The molecule has 0 aromatic heterocycles. The Hall–Kier alpha value is -3.02. The van der Waals surface area contributed by atoms with Crippen LogP contribution in [0.4, 0.5) is 14.5 Å². The van der Waals surface area contributed by atoms with Crippen LogP contribution in [0.1, 0.15) is 0 Å². The fraction of sp³-hybridized carbons (Fsp3) is 0.0588. The van der Waals surface area contributed by atoms with Crippen LogP contribution in [0.3, 0.4) is 0 Å². The maximum atomic E-state index is 13.6. The van der Waals surface area contributed by atoms with Crippen molar-refractivity contribution in [3.8, 4) is 11.5 Å². The van der Waals surface area contributed by atoms with E-state index in [9.17, 15) is 8.78 Å². The number of halogens is 2. The van der Waals surface area contributed by atoms with Crippen molar-refractivity contribution in [3.63, 3.8) is 0 Å². The maximum absolute atomic E-state index is 13.6. The molecule has 2 aromatic carbocycles. The predicted molar refractivity (Wildman–Crippen MR) is 88.5 cm³/mol. The van der Waals surface area contributed by atoms with Gasteiger partial charge in [-0.05, 0) is 36.4 Å². The smallest absolute Gasteiger partial charge is 0.198 e. The molecule has 0 saturated carbocycles. The van der Waals surface area contributed by atoms with Gasteiger partial charge in [0.05, 0.1) is 11.4 Å². The molecule has 0 bridgehead atoms. The van der Waals surface area contributed by atoms with Crippen LogP contribution in [0, 0.1) is 11.6 Å². The van der Waals surface area contributed by atoms with Gasteiger partial charge in [-0.15, -0.1) is 0 Å². The first kappa shape index (κ1) is 16.4. The molecule has 0 spiro atoms. The van der Waals surface area contributed by atoms with Gasteiger partial charge in [0.15, 0.2) is 17.4 Å². The highest BCUT2D eigenvalue weighted by Crippen LogP contribution is 2.29. The van der Waals surface area contributed by atoms with Crippen molar-refractivity contribution < 1.29 is 13.5 Å². The van der Waals surface area contributed by atoms with Crippen molar-refractivity contribution in [1.29, 1.82) is 0 Å². The highest BCUT2D eigenvalue weighted by molar-refractivity contribution is 5.83. The van der Waals surface area contributed by atoms with Crippen LogP contribution in [0.25, 0.3) is 0 Å². The lowest BCUT2D eigenvalue weighted by atomic mass is 10.2. The number of hydrazone groups is 1. The first-order valence-electron chi connectivity index (χ1n) is 6.66. The van der Waals surface area contributed by atoms with Crippen molar-refractivity contribution >= 4 is 18.6 Å². The first-order valence-corrected chi connectivity index (χ1v) is 6.66. The molecular formula is C17H15F2N3O. The number of para-hydroxylation sites is 1. The molecule has 0 aliphatic carbocycles. The lowest BCUT2D eigenvalue weighted by Crippen LogP contribution is -2.14. The molecule has 0 fully saturated rings. The number of rotatable bonds is 6. The summed E-state index contributed by atoms with van der Waals surface area (Å²) in [6.45, 7) is 7.29. The Labute approximate surface area is 133 Å². The summed E-state index contributed by atoms with van der Waals surface area (Å²) in [5.41, 5.74) is 1.18. The molecule has 0 aliphatic rings. The second-order valence-electron chi connectivity index (χ2n) is 4.48. The van der Waals surface area contributed by atoms with E-state index in [1.807, 2.05) is 0 Å². The minimum absolute atomic E-state index is 0.288. The summed E-state index contributed by atoms with van der Waals surface area (Å²) in [5.74, 6) is -1.69. The van der Waals surface area contributed by atoms with E-state index in [-0.39, 0.29) is 5.75 Å². The molecule has 0 amide bonds. The Balaban J connectivity index is 2.22. The fourth-order valence-corrected chi connectivity index (χ4v) is 1.90. The molecule has 2 aromatic rings. The van der Waals surface area contributed by atoms with Gasteiger partial charge < -0.3 is 4.74 Å². The van der Waals surface area contributed by atoms with Crippen LogP contribution in [-0.4, -0.2) is 20.0 Å². The lowest BCUT2D eigenvalue weighted by molar-refractivity contribution is 0.407. The molecule has 23 heavy (non-hydrogen) atoms. The van der Waals surface area contributed by atoms with E-state index < -0.39 is 17.4 Å². The lowest BCUT2D eigenvalue weighted by Gasteiger charge is -2.18. The van der Waals surface area contributed by atoms with Crippen molar-refractivity contribution in [3.05, 3.63) is 66.4 Å². The summed E-state index contributed by atoms with van der Waals surface area (Å²) < 4.78 is 32.4. The first-order chi connectivity index (χ1) is 11.1. The topological polar surface area (TPSA) is 37.2 Å². The average Bonchev–Trinajstić information content (AvgIpc) is 2.53. The highest BCUT2D eigenvalue weighted by atomic mass is 19.1. The SMILES string of the molecule is C=NN(C(=C)C=NC)c1ccc(Oc2c(F)cccc2F)cc1. The fourth-order valence-electron chi connectivity index (χ4n) is 1.90. The Morgan fingerprint density at radius 3 is 2.26 bits per heavy atom. The van der Waals surface area contributed by atoms with Gasteiger partial charge >= 0.3 is 0 Å². The van der Waals surface area contributed by atoms with E-state index in [2.05, 4.69) is 23.4 Å². The number of benzene rings is 2. The molecule has 0 saturated heterocycles. The number of ether oxygens (including phenoxy) is 1. The third-order valence-corrected chi connectivity index (χ3v) is 2.91. The van der Waals surface area contributed by atoms with Crippen molar-refractivity contribution in [2.75, 3.05) is 12.1 Å². The summed E-state index contributed by atoms with van der Waals surface area (Å²) in [5, 5.41) is 5.32. The molecule has 118 valence electrons. The molecule has 6 heteroatoms. The van der Waals surface area contributed by atoms with Crippen LogP contribution < -0.4 is 9.75 Å². The number of hydrogen-bond donors (Lipinski definition) is 0. The minimum Gasteiger partial charge on any atom is -0.451 e. The Kier molecular flexibility index (Phi) is 5.19. The van der Waals surface area contributed by atoms with Crippen molar-refractivity contribution in [2.45, 2.75) is 0 Å². The standard InChI is InChI=1S/C17H15F2N3O/c1-12(11-20-2)22(21-3)13-7-9-14(10-8-13)23-17-15(18)5-4-6-16(17)19/h4-11H,1,3H2,2H3. The Morgan fingerprint density at radius 1 is 1.13 bits per heavy atom. The van der Waals surface area contributed by atoms with Crippen LogP contribution in [0.2, 0.25) is 0 Å². The van der Waals surface area contributed by atoms with Gasteiger partial charge in [-0.2, -0.15) is 5.10 Å². The molecule has 4 nitrogen and oxygen atoms in total. The summed E-state index contributed by atoms with van der Waals surface area (Å²) in [6.07, 6.45) is 1.54. The minimum atomic E-state index is -0.768. The van der Waals surface area contributed by atoms with Crippen LogP contribution in [0.5, 0.6) is 11.5 Å². The highest BCUT2D eigenvalue weighted by Gasteiger charge is 2.12. The molecular weight excluding hydrogens is 300 g/mol. The van der Waals surface area contributed by atoms with E-state index in [1.54, 1.807) is 31.3 Å². The summed E-state index contributed by atoms with van der Waals surface area (Å²) in [7, 11) is 1.62. The summed E-state index contributed by atoms with van der Waals surface area (Å²) in [4.78, 5) is 3.86. The molecule has 0 unspecified atom stereocenters. The van der Waals surface area contributed by atoms with Gasteiger partial charge in [0, 0.05) is 20.0 Å². The number of hydrogen-bond acceptors (Lipinski definition) is 4. The predicted octanol–water partition coefficient (Wildman–Crippen LogP) is 4.39. The van der Waals surface area contributed by atoms with Gasteiger partial charge in [-0.3, -0.25) is 4.99 Å². The number of nitrogens with zero attached hydrogens (tertiary/aromatic N) is 3. The Morgan fingerprint density at radius 2 is 1.74 bits per heavy atom. The Bertz CT molecular complexity index is 722. The maximum Gasteiger partial charge on any atom is 0.198 e. The third kappa shape index (κ3) is 3.79. The van der Waals surface area contributed by atoms with Gasteiger partial charge in [-0.1, -0.05) is 12.6 Å².